The molecule has 0 spiro atoms. The number of benzene rings is 1. The van der Waals surface area contributed by atoms with Crippen LogP contribution < -0.4 is 5.69 Å². The molecule has 7 nitrogen and oxygen atoms in total. The molecule has 0 bridgehead atoms. The molecular formula is C17H21ClN4O3. The molecule has 8 heteroatoms. The highest BCUT2D eigenvalue weighted by Crippen LogP contribution is 2.27. The molecule has 1 fully saturated rings. The Morgan fingerprint density at radius 1 is 1.40 bits per heavy atom. The fraction of sp³-hybridized carbons (Fsp3) is 0.471. The van der Waals surface area contributed by atoms with Crippen molar-refractivity contribution in [1.29, 1.82) is 0 Å². The second-order valence-electron chi connectivity index (χ2n) is 6.25. The van der Waals surface area contributed by atoms with Gasteiger partial charge in [0.05, 0.1) is 11.4 Å². The number of rotatable bonds is 4. The van der Waals surface area contributed by atoms with E-state index in [0.717, 1.165) is 24.2 Å². The summed E-state index contributed by atoms with van der Waals surface area (Å²) in [6.07, 6.45) is 1.82. The van der Waals surface area contributed by atoms with Gasteiger partial charge in [0.2, 0.25) is 5.91 Å². The number of nitrogens with zero attached hydrogens (tertiary/aromatic N) is 3. The molecule has 25 heavy (non-hydrogen) atoms. The summed E-state index contributed by atoms with van der Waals surface area (Å²) in [6.45, 7) is 3.79. The Labute approximate surface area is 150 Å². The number of phenols is 1. The zero-order valence-corrected chi connectivity index (χ0v) is 14.8. The number of nitrogens with one attached hydrogen (secondary N) is 1. The molecule has 2 aromatic rings. The van der Waals surface area contributed by atoms with Gasteiger partial charge < -0.3 is 10.0 Å². The number of aromatic hydroxyl groups is 1. The van der Waals surface area contributed by atoms with Crippen LogP contribution in [0, 0.1) is 0 Å². The van der Waals surface area contributed by atoms with E-state index in [9.17, 15) is 14.7 Å². The van der Waals surface area contributed by atoms with Crippen LogP contribution >= 0.6 is 11.6 Å². The number of H-pyrrole nitrogens is 1. The van der Waals surface area contributed by atoms with Crippen LogP contribution in [0.5, 0.6) is 5.75 Å². The van der Waals surface area contributed by atoms with Gasteiger partial charge in [-0.3, -0.25) is 9.36 Å². The smallest absolute Gasteiger partial charge is 0.343 e. The van der Waals surface area contributed by atoms with E-state index in [2.05, 4.69) is 10.2 Å². The van der Waals surface area contributed by atoms with E-state index in [1.54, 1.807) is 16.7 Å². The maximum atomic E-state index is 12.5. The molecule has 2 heterocycles. The lowest BCUT2D eigenvalue weighted by Crippen LogP contribution is -2.39. The van der Waals surface area contributed by atoms with Gasteiger partial charge in [0.25, 0.3) is 0 Å². The summed E-state index contributed by atoms with van der Waals surface area (Å²) in [5.74, 6) is 1.02. The third kappa shape index (κ3) is 3.71. The first-order valence-corrected chi connectivity index (χ1v) is 8.77. The van der Waals surface area contributed by atoms with Crippen LogP contribution in [-0.2, 0) is 17.8 Å². The zero-order valence-electron chi connectivity index (χ0n) is 14.0. The van der Waals surface area contributed by atoms with Crippen molar-refractivity contribution in [3.8, 4) is 5.75 Å². The fourth-order valence-electron chi connectivity index (χ4n) is 3.28. The largest absolute Gasteiger partial charge is 0.506 e. The van der Waals surface area contributed by atoms with Crippen LogP contribution in [0.2, 0.25) is 5.02 Å². The molecule has 1 aromatic heterocycles. The number of likely N-dealkylation sites (tertiary alicyclic amines) is 1. The van der Waals surface area contributed by atoms with Gasteiger partial charge in [-0.2, -0.15) is 5.10 Å². The summed E-state index contributed by atoms with van der Waals surface area (Å²) in [5, 5.41) is 16.4. The Bertz CT molecular complexity index is 822. The lowest BCUT2D eigenvalue weighted by Gasteiger charge is -2.31. The summed E-state index contributed by atoms with van der Waals surface area (Å²) in [7, 11) is 0. The third-order valence-electron chi connectivity index (χ3n) is 4.68. The second kappa shape index (κ2) is 7.31. The standard InChI is InChI=1S/C17H21ClN4O3/c1-2-22-16(19-20-17(22)25)12-5-7-21(8-6-12)15(24)10-11-3-4-14(23)13(18)9-11/h3-4,9,12,23H,2,5-8,10H2,1H3,(H,20,25). The van der Waals surface area contributed by atoms with Crippen molar-refractivity contribution in [3.63, 3.8) is 0 Å². The Balaban J connectivity index is 1.60. The average Bonchev–Trinajstić information content (AvgIpc) is 2.99. The highest BCUT2D eigenvalue weighted by molar-refractivity contribution is 6.32. The van der Waals surface area contributed by atoms with Crippen LogP contribution in [-0.4, -0.2) is 43.8 Å². The van der Waals surface area contributed by atoms with Crippen LogP contribution in [0.1, 0.15) is 37.1 Å². The lowest BCUT2D eigenvalue weighted by atomic mass is 9.95. The van der Waals surface area contributed by atoms with Gasteiger partial charge >= 0.3 is 5.69 Å². The monoisotopic (exact) mass is 364 g/mol. The van der Waals surface area contributed by atoms with Crippen molar-refractivity contribution in [2.24, 2.45) is 0 Å². The molecular weight excluding hydrogens is 344 g/mol. The summed E-state index contributed by atoms with van der Waals surface area (Å²) < 4.78 is 1.65. The molecule has 134 valence electrons. The van der Waals surface area contributed by atoms with Crippen molar-refractivity contribution in [1.82, 2.24) is 19.7 Å². The minimum atomic E-state index is -0.180. The van der Waals surface area contributed by atoms with E-state index >= 15 is 0 Å². The van der Waals surface area contributed by atoms with E-state index in [4.69, 9.17) is 11.6 Å². The van der Waals surface area contributed by atoms with Crippen molar-refractivity contribution in [2.75, 3.05) is 13.1 Å². The number of halogens is 1. The zero-order chi connectivity index (χ0) is 18.0. The number of carbonyl (C=O) groups excluding carboxylic acids is 1. The van der Waals surface area contributed by atoms with Gasteiger partial charge in [-0.15, -0.1) is 0 Å². The minimum Gasteiger partial charge on any atom is -0.506 e. The topological polar surface area (TPSA) is 91.2 Å². The molecule has 0 aliphatic carbocycles. The van der Waals surface area contributed by atoms with Crippen LogP contribution in [0.15, 0.2) is 23.0 Å². The van der Waals surface area contributed by atoms with Crippen molar-refractivity contribution in [2.45, 2.75) is 38.6 Å². The molecule has 0 unspecified atom stereocenters. The molecule has 3 rings (SSSR count). The molecule has 1 aliphatic heterocycles. The van der Waals surface area contributed by atoms with Crippen LogP contribution in [0.25, 0.3) is 0 Å². The van der Waals surface area contributed by atoms with Gasteiger partial charge in [0.1, 0.15) is 11.6 Å². The summed E-state index contributed by atoms with van der Waals surface area (Å²) in [6, 6.07) is 4.82. The maximum Gasteiger partial charge on any atom is 0.343 e. The van der Waals surface area contributed by atoms with Crippen molar-refractivity contribution >= 4 is 17.5 Å². The van der Waals surface area contributed by atoms with E-state index in [0.29, 0.717) is 19.6 Å². The molecule has 1 saturated heterocycles. The summed E-state index contributed by atoms with van der Waals surface area (Å²) in [4.78, 5) is 26.0. The number of piperidine rings is 1. The first-order valence-electron chi connectivity index (χ1n) is 8.39. The highest BCUT2D eigenvalue weighted by atomic mass is 35.5. The SMILES string of the molecule is CCn1c(C2CCN(C(=O)Cc3ccc(O)c(Cl)c3)CC2)n[nH]c1=O. The Hall–Kier alpha value is -2.28. The minimum absolute atomic E-state index is 0.0136. The number of hydrogen-bond donors (Lipinski definition) is 2. The number of carbonyl (C=O) groups is 1. The number of amides is 1. The Morgan fingerprint density at radius 2 is 2.12 bits per heavy atom. The number of aromatic nitrogens is 3. The molecule has 1 aliphatic rings. The quantitative estimate of drug-likeness (QED) is 0.866. The highest BCUT2D eigenvalue weighted by Gasteiger charge is 2.27. The predicted octanol–water partition coefficient (Wildman–Crippen LogP) is 1.90. The van der Waals surface area contributed by atoms with Crippen molar-refractivity contribution in [3.05, 3.63) is 45.1 Å². The van der Waals surface area contributed by atoms with Crippen LogP contribution in [0.4, 0.5) is 0 Å². The van der Waals surface area contributed by atoms with E-state index in [1.807, 2.05) is 11.8 Å². The molecule has 2 N–H and O–H groups in total. The lowest BCUT2D eigenvalue weighted by molar-refractivity contribution is -0.131. The second-order valence-corrected chi connectivity index (χ2v) is 6.66. The first-order chi connectivity index (χ1) is 12.0. The molecule has 1 aromatic carbocycles. The van der Waals surface area contributed by atoms with Gasteiger partial charge in [-0.1, -0.05) is 17.7 Å². The molecule has 1 amide bonds. The van der Waals surface area contributed by atoms with Crippen LogP contribution in [0.3, 0.4) is 0 Å². The fourth-order valence-corrected chi connectivity index (χ4v) is 3.48. The predicted molar refractivity (Wildman–Crippen MR) is 93.9 cm³/mol. The summed E-state index contributed by atoms with van der Waals surface area (Å²) in [5.41, 5.74) is 0.599. The molecule has 0 radical (unpaired) electrons. The number of phenolic OH excluding ortho intramolecular Hbond substituents is 1. The average molecular weight is 365 g/mol. The van der Waals surface area contributed by atoms with E-state index < -0.39 is 0 Å². The molecule has 0 saturated carbocycles. The van der Waals surface area contributed by atoms with E-state index in [-0.39, 0.29) is 34.7 Å². The van der Waals surface area contributed by atoms with Crippen molar-refractivity contribution < 1.29 is 9.90 Å². The maximum absolute atomic E-state index is 12.5. The number of hydrogen-bond acceptors (Lipinski definition) is 4. The van der Waals surface area contributed by atoms with Gasteiger partial charge in [0.15, 0.2) is 0 Å². The third-order valence-corrected chi connectivity index (χ3v) is 4.99. The molecule has 0 atom stereocenters. The van der Waals surface area contributed by atoms with Gasteiger partial charge in [-0.25, -0.2) is 9.89 Å². The van der Waals surface area contributed by atoms with Gasteiger partial charge in [0, 0.05) is 25.6 Å². The first kappa shape index (κ1) is 17.5. The Morgan fingerprint density at radius 3 is 2.76 bits per heavy atom. The van der Waals surface area contributed by atoms with Gasteiger partial charge in [-0.05, 0) is 37.5 Å². The normalized spacial score (nSPS) is 15.5. The Kier molecular flexibility index (Phi) is 5.13. The number of aromatic amines is 1. The summed E-state index contributed by atoms with van der Waals surface area (Å²) >= 11 is 5.89. The van der Waals surface area contributed by atoms with E-state index in [1.165, 1.54) is 6.07 Å².